The topological polar surface area (TPSA) is 97.8 Å². The number of aryl methyl sites for hydroxylation is 1. The Morgan fingerprint density at radius 3 is 2.46 bits per heavy atom. The van der Waals surface area contributed by atoms with Gasteiger partial charge in [0.2, 0.25) is 10.0 Å². The van der Waals surface area contributed by atoms with Crippen LogP contribution in [0.25, 0.3) is 0 Å². The second kappa shape index (κ2) is 6.81. The molecule has 0 N–H and O–H groups in total. The van der Waals surface area contributed by atoms with Gasteiger partial charge < -0.3 is 4.74 Å². The van der Waals surface area contributed by atoms with Crippen molar-refractivity contribution in [1.82, 2.24) is 4.31 Å². The van der Waals surface area contributed by atoms with Crippen molar-refractivity contribution in [3.8, 4) is 0 Å². The van der Waals surface area contributed by atoms with Crippen LogP contribution in [0.5, 0.6) is 0 Å². The molecule has 1 unspecified atom stereocenters. The maximum absolute atomic E-state index is 13.0. The summed E-state index contributed by atoms with van der Waals surface area (Å²) < 4.78 is 55.4. The minimum absolute atomic E-state index is 0.0710. The van der Waals surface area contributed by atoms with Crippen molar-refractivity contribution in [2.75, 3.05) is 19.9 Å². The van der Waals surface area contributed by atoms with Crippen LogP contribution in [0.15, 0.2) is 28.0 Å². The van der Waals surface area contributed by atoms with E-state index >= 15 is 0 Å². The minimum atomic E-state index is -4.01. The first kappa shape index (κ1) is 18.9. The number of sulfonamides is 1. The summed E-state index contributed by atoms with van der Waals surface area (Å²) in [5.74, 6) is -0.602. The van der Waals surface area contributed by atoms with E-state index in [2.05, 4.69) is 0 Å². The number of rotatable bonds is 4. The summed E-state index contributed by atoms with van der Waals surface area (Å²) in [6, 6.07) is 3.11. The Labute approximate surface area is 142 Å². The number of benzene rings is 1. The molecule has 1 aromatic rings. The summed E-state index contributed by atoms with van der Waals surface area (Å²) in [6.45, 7) is 1.79. The molecule has 0 saturated carbocycles. The molecule has 1 saturated heterocycles. The van der Waals surface area contributed by atoms with Crippen molar-refractivity contribution in [2.45, 2.75) is 42.0 Å². The first-order valence-electron chi connectivity index (χ1n) is 7.49. The number of carbonyl (C=O) groups excluding carboxylic acids is 1. The van der Waals surface area contributed by atoms with Crippen molar-refractivity contribution in [3.63, 3.8) is 0 Å². The molecule has 0 bridgehead atoms. The minimum Gasteiger partial charge on any atom is -0.468 e. The molecule has 0 amide bonds. The molecule has 24 heavy (non-hydrogen) atoms. The van der Waals surface area contributed by atoms with E-state index in [1.807, 2.05) is 0 Å². The maximum atomic E-state index is 13.0. The first-order valence-corrected chi connectivity index (χ1v) is 10.8. The van der Waals surface area contributed by atoms with Gasteiger partial charge in [-0.2, -0.15) is 4.31 Å². The third kappa shape index (κ3) is 3.62. The van der Waals surface area contributed by atoms with E-state index in [1.54, 1.807) is 6.92 Å². The monoisotopic (exact) mass is 375 g/mol. The van der Waals surface area contributed by atoms with Crippen molar-refractivity contribution >= 4 is 25.8 Å². The van der Waals surface area contributed by atoms with Crippen LogP contribution in [0.2, 0.25) is 0 Å². The van der Waals surface area contributed by atoms with Gasteiger partial charge in [0.15, 0.2) is 9.84 Å². The molecule has 1 aliphatic rings. The third-order valence-corrected chi connectivity index (χ3v) is 7.26. The zero-order valence-electron chi connectivity index (χ0n) is 13.9. The summed E-state index contributed by atoms with van der Waals surface area (Å²) >= 11 is 0. The van der Waals surface area contributed by atoms with Gasteiger partial charge in [-0.3, -0.25) is 4.79 Å². The van der Waals surface area contributed by atoms with Crippen LogP contribution >= 0.6 is 0 Å². The van der Waals surface area contributed by atoms with E-state index in [1.165, 1.54) is 19.2 Å². The number of hydrogen-bond donors (Lipinski definition) is 0. The van der Waals surface area contributed by atoms with Gasteiger partial charge in [-0.15, -0.1) is 0 Å². The highest BCUT2D eigenvalue weighted by Crippen LogP contribution is 2.29. The Balaban J connectivity index is 2.55. The number of hydrogen-bond acceptors (Lipinski definition) is 6. The van der Waals surface area contributed by atoms with Crippen LogP contribution in [0.1, 0.15) is 24.8 Å². The Hall–Kier alpha value is -1.45. The Morgan fingerprint density at radius 2 is 1.88 bits per heavy atom. The Bertz CT molecular complexity index is 845. The van der Waals surface area contributed by atoms with E-state index < -0.39 is 31.9 Å². The van der Waals surface area contributed by atoms with Crippen molar-refractivity contribution in [2.24, 2.45) is 0 Å². The van der Waals surface area contributed by atoms with Gasteiger partial charge >= 0.3 is 5.97 Å². The molecule has 1 aromatic carbocycles. The average Bonchev–Trinajstić information content (AvgIpc) is 2.53. The molecule has 2 rings (SSSR count). The maximum Gasteiger partial charge on any atom is 0.324 e. The molecule has 7 nitrogen and oxygen atoms in total. The third-order valence-electron chi connectivity index (χ3n) is 4.10. The number of carbonyl (C=O) groups is 1. The van der Waals surface area contributed by atoms with Gasteiger partial charge in [0.1, 0.15) is 6.04 Å². The van der Waals surface area contributed by atoms with E-state index in [9.17, 15) is 21.6 Å². The zero-order valence-corrected chi connectivity index (χ0v) is 15.5. The lowest BCUT2D eigenvalue weighted by atomic mass is 10.1. The smallest absolute Gasteiger partial charge is 0.324 e. The summed E-state index contributed by atoms with van der Waals surface area (Å²) in [5, 5.41) is 0. The standard InChI is InChI=1S/C15H21NO6S2/c1-11-7-8-12(23(3,18)19)10-14(11)24(20,21)16-9-5-4-6-13(16)15(17)22-2/h7-8,10,13H,4-6,9H2,1-3H3. The van der Waals surface area contributed by atoms with Crippen LogP contribution in [0.3, 0.4) is 0 Å². The number of piperidine rings is 1. The van der Waals surface area contributed by atoms with Crippen LogP contribution in [-0.2, 0) is 29.4 Å². The predicted molar refractivity (Wildman–Crippen MR) is 87.8 cm³/mol. The second-order valence-electron chi connectivity index (χ2n) is 5.85. The SMILES string of the molecule is COC(=O)C1CCCCN1S(=O)(=O)c1cc(S(C)(=O)=O)ccc1C. The van der Waals surface area contributed by atoms with E-state index in [0.717, 1.165) is 23.0 Å². The fourth-order valence-corrected chi connectivity index (χ4v) is 5.40. The molecule has 0 aliphatic carbocycles. The molecule has 1 atom stereocenters. The predicted octanol–water partition coefficient (Wildman–Crippen LogP) is 1.11. The van der Waals surface area contributed by atoms with Crippen LogP contribution < -0.4 is 0 Å². The normalized spacial score (nSPS) is 19.9. The number of esters is 1. The van der Waals surface area contributed by atoms with Gasteiger partial charge in [0.25, 0.3) is 0 Å². The van der Waals surface area contributed by atoms with Gasteiger partial charge in [-0.05, 0) is 43.9 Å². The van der Waals surface area contributed by atoms with Crippen LogP contribution in [0.4, 0.5) is 0 Å². The lowest BCUT2D eigenvalue weighted by molar-refractivity contribution is -0.146. The fourth-order valence-electron chi connectivity index (χ4n) is 2.78. The molecular weight excluding hydrogens is 354 g/mol. The highest BCUT2D eigenvalue weighted by atomic mass is 32.2. The van der Waals surface area contributed by atoms with Crippen molar-refractivity contribution in [3.05, 3.63) is 23.8 Å². The van der Waals surface area contributed by atoms with Gasteiger partial charge in [0.05, 0.1) is 16.9 Å². The summed E-state index contributed by atoms with van der Waals surface area (Å²) in [7, 11) is -6.33. The number of sulfone groups is 1. The lowest BCUT2D eigenvalue weighted by Gasteiger charge is -2.33. The average molecular weight is 375 g/mol. The van der Waals surface area contributed by atoms with E-state index in [0.29, 0.717) is 18.4 Å². The molecule has 1 fully saturated rings. The molecule has 134 valence electrons. The van der Waals surface area contributed by atoms with Crippen LogP contribution in [0, 0.1) is 6.92 Å². The second-order valence-corrected chi connectivity index (χ2v) is 9.72. The number of nitrogens with zero attached hydrogens (tertiary/aromatic N) is 1. The van der Waals surface area contributed by atoms with E-state index in [4.69, 9.17) is 4.74 Å². The molecule has 1 heterocycles. The lowest BCUT2D eigenvalue weighted by Crippen LogP contribution is -2.48. The number of methoxy groups -OCH3 is 1. The highest BCUT2D eigenvalue weighted by molar-refractivity contribution is 7.91. The summed E-state index contributed by atoms with van der Waals surface area (Å²) in [6.07, 6.45) is 2.77. The molecule has 0 radical (unpaired) electrons. The Kier molecular flexibility index (Phi) is 5.36. The molecular formula is C15H21NO6S2. The quantitative estimate of drug-likeness (QED) is 0.732. The molecule has 0 spiro atoms. The van der Waals surface area contributed by atoms with Gasteiger partial charge in [-0.1, -0.05) is 6.07 Å². The van der Waals surface area contributed by atoms with E-state index in [-0.39, 0.29) is 16.3 Å². The zero-order chi connectivity index (χ0) is 18.1. The van der Waals surface area contributed by atoms with Gasteiger partial charge in [0, 0.05) is 12.8 Å². The summed E-state index contributed by atoms with van der Waals surface area (Å²) in [5.41, 5.74) is 0.427. The van der Waals surface area contributed by atoms with Gasteiger partial charge in [-0.25, -0.2) is 16.8 Å². The highest BCUT2D eigenvalue weighted by Gasteiger charge is 2.39. The fraction of sp³-hybridized carbons (Fsp3) is 0.533. The molecule has 0 aromatic heterocycles. The Morgan fingerprint density at radius 1 is 1.21 bits per heavy atom. The van der Waals surface area contributed by atoms with Crippen molar-refractivity contribution in [1.29, 1.82) is 0 Å². The number of ether oxygens (including phenoxy) is 1. The van der Waals surface area contributed by atoms with Crippen molar-refractivity contribution < 1.29 is 26.4 Å². The first-order chi connectivity index (χ1) is 11.1. The van der Waals surface area contributed by atoms with Crippen LogP contribution in [-0.4, -0.2) is 53.1 Å². The largest absolute Gasteiger partial charge is 0.468 e. The molecule has 1 aliphatic heterocycles. The molecule has 9 heteroatoms. The summed E-state index contributed by atoms with van der Waals surface area (Å²) in [4.78, 5) is 11.8.